The van der Waals surface area contributed by atoms with E-state index < -0.39 is 53.4 Å². The van der Waals surface area contributed by atoms with Gasteiger partial charge >= 0.3 is 24.4 Å². The van der Waals surface area contributed by atoms with Crippen molar-refractivity contribution in [1.82, 2.24) is 14.8 Å². The number of carboxylic acid groups (broad SMARTS) is 1. The highest BCUT2D eigenvalue weighted by Gasteiger charge is 2.38. The summed E-state index contributed by atoms with van der Waals surface area (Å²) in [7, 11) is 1.15. The molecule has 1 saturated heterocycles. The van der Waals surface area contributed by atoms with Crippen molar-refractivity contribution in [3.63, 3.8) is 0 Å². The van der Waals surface area contributed by atoms with Crippen molar-refractivity contribution >= 4 is 28.8 Å². The number of hydrogen-bond donors (Lipinski definition) is 4. The number of piperidine rings is 1. The highest BCUT2D eigenvalue weighted by Crippen LogP contribution is 2.37. The Balaban J connectivity index is 0.000000385. The van der Waals surface area contributed by atoms with Crippen LogP contribution in [0.2, 0.25) is 0 Å². The van der Waals surface area contributed by atoms with E-state index in [1.54, 1.807) is 35.4 Å². The molecule has 0 aliphatic carbocycles. The van der Waals surface area contributed by atoms with E-state index in [9.17, 15) is 45.8 Å². The fourth-order valence-corrected chi connectivity index (χ4v) is 5.29. The zero-order chi connectivity index (χ0) is 33.5. The average molecular weight is 645 g/mol. The van der Waals surface area contributed by atoms with Crippen LogP contribution in [0, 0.1) is 0 Å². The van der Waals surface area contributed by atoms with E-state index in [0.717, 1.165) is 48.7 Å². The van der Waals surface area contributed by atoms with Gasteiger partial charge < -0.3 is 30.7 Å². The van der Waals surface area contributed by atoms with Gasteiger partial charge in [-0.25, -0.2) is 4.79 Å². The highest BCUT2D eigenvalue weighted by molar-refractivity contribution is 5.95. The summed E-state index contributed by atoms with van der Waals surface area (Å²) in [5.41, 5.74) is 2.51. The number of aliphatic carboxylic acids is 1. The maximum Gasteiger partial charge on any atom is 0.416 e. The van der Waals surface area contributed by atoms with Crippen molar-refractivity contribution in [2.45, 2.75) is 63.0 Å². The van der Waals surface area contributed by atoms with Gasteiger partial charge in [0.1, 0.15) is 0 Å². The van der Waals surface area contributed by atoms with Gasteiger partial charge in [0.15, 0.2) is 0 Å². The zero-order valence-electron chi connectivity index (χ0n) is 24.3. The third-order valence-electron chi connectivity index (χ3n) is 7.62. The first-order valence-corrected chi connectivity index (χ1v) is 14.0. The monoisotopic (exact) mass is 644 g/mol. The van der Waals surface area contributed by atoms with Crippen molar-refractivity contribution in [2.24, 2.45) is 5.73 Å². The number of carbonyl (C=O) groups excluding carboxylic acids is 2. The van der Waals surface area contributed by atoms with E-state index in [0.29, 0.717) is 24.1 Å². The number of nitrogens with two attached hydrogens (primary N) is 1. The van der Waals surface area contributed by atoms with E-state index in [4.69, 9.17) is 10.8 Å². The fraction of sp³-hybridized carbons (Fsp3) is 0.433. The van der Waals surface area contributed by atoms with Gasteiger partial charge in [-0.05, 0) is 61.9 Å². The number of hydrogen-bond acceptors (Lipinski definition) is 4. The number of aliphatic hydroxyl groups is 1. The Morgan fingerprint density at radius 2 is 1.67 bits per heavy atom. The minimum absolute atomic E-state index is 0.0175. The van der Waals surface area contributed by atoms with Crippen LogP contribution in [-0.4, -0.2) is 75.2 Å². The number of nitrogens with one attached hydrogen (secondary N) is 1. The summed E-state index contributed by atoms with van der Waals surface area (Å²) in [6.45, 7) is 0.883. The van der Waals surface area contributed by atoms with E-state index >= 15 is 0 Å². The summed E-state index contributed by atoms with van der Waals surface area (Å²) in [6, 6.07) is 6.45. The van der Waals surface area contributed by atoms with Crippen molar-refractivity contribution in [3.8, 4) is 0 Å². The van der Waals surface area contributed by atoms with E-state index in [-0.39, 0.29) is 31.2 Å². The third-order valence-corrected chi connectivity index (χ3v) is 7.62. The van der Waals surface area contributed by atoms with Gasteiger partial charge in [-0.1, -0.05) is 18.2 Å². The molecule has 0 spiro atoms. The van der Waals surface area contributed by atoms with Gasteiger partial charge in [0.2, 0.25) is 0 Å². The molecule has 1 aliphatic heterocycles. The lowest BCUT2D eigenvalue weighted by atomic mass is 9.99. The Kier molecular flexibility index (Phi) is 11.5. The summed E-state index contributed by atoms with van der Waals surface area (Å²) >= 11 is 0. The fourth-order valence-electron chi connectivity index (χ4n) is 5.29. The lowest BCUT2D eigenvalue weighted by Crippen LogP contribution is -2.46. The second-order valence-corrected chi connectivity index (χ2v) is 10.7. The van der Waals surface area contributed by atoms with Crippen LogP contribution in [0.5, 0.6) is 0 Å². The van der Waals surface area contributed by atoms with Crippen LogP contribution < -0.4 is 5.73 Å². The number of alkyl halides is 6. The number of carbonyl (C=O) groups is 3. The second-order valence-electron chi connectivity index (χ2n) is 10.7. The number of nitrogens with zero attached hydrogens (tertiary/aromatic N) is 2. The number of primary amides is 1. The number of likely N-dealkylation sites (N-methyl/N-ethyl adjacent to an activating group) is 1. The molecule has 5 N–H and O–H groups in total. The predicted octanol–water partition coefficient (Wildman–Crippen LogP) is 5.67. The quantitative estimate of drug-likeness (QED) is 0.234. The molecule has 9 nitrogen and oxygen atoms in total. The molecule has 45 heavy (non-hydrogen) atoms. The maximum absolute atomic E-state index is 13.2. The lowest BCUT2D eigenvalue weighted by Gasteiger charge is -2.34. The Bertz CT molecular complexity index is 1460. The van der Waals surface area contributed by atoms with Crippen LogP contribution >= 0.6 is 0 Å². The van der Waals surface area contributed by atoms with Gasteiger partial charge in [-0.3, -0.25) is 9.59 Å². The number of halogens is 6. The largest absolute Gasteiger partial charge is 0.481 e. The molecular weight excluding hydrogens is 610 g/mol. The molecule has 0 saturated carbocycles. The molecule has 0 radical (unpaired) electrons. The molecular formula is C30H34F6N4O5. The first-order valence-electron chi connectivity index (χ1n) is 14.0. The van der Waals surface area contributed by atoms with E-state index in [2.05, 4.69) is 4.98 Å². The molecule has 246 valence electrons. The lowest BCUT2D eigenvalue weighted by molar-refractivity contribution is -0.143. The number of aromatic amines is 1. The number of likely N-dealkylation sites (tertiary alicyclic amines) is 1. The Labute approximate surface area is 254 Å². The number of amides is 3. The normalized spacial score (nSPS) is 16.1. The molecule has 1 fully saturated rings. The number of carboxylic acids is 1. The standard InChI is InChI=1S/C22H18F6N2O3.C8H16N2O2/c1-30(16(10-19(31)32)8-13-11-29-18-5-3-2-4-17(13)18)20(33)12-6-14(21(23,24)25)9-15(7-12)22(26,27)28;9-8(12)10-5-2-1-3-7(10)4-6-11/h2-7,9,11,16,29H,8,10H2,1H3,(H,31,32);7,11H,1-6H2,(H2,9,12). The summed E-state index contributed by atoms with van der Waals surface area (Å²) in [5, 5.41) is 18.8. The number of urea groups is 1. The van der Waals surface area contributed by atoms with E-state index in [1.165, 1.54) is 0 Å². The van der Waals surface area contributed by atoms with Gasteiger partial charge in [0, 0.05) is 54.9 Å². The van der Waals surface area contributed by atoms with Gasteiger partial charge in [-0.2, -0.15) is 26.3 Å². The molecule has 3 amide bonds. The number of fused-ring (bicyclic) bond motifs is 1. The molecule has 1 aromatic heterocycles. The molecule has 2 heterocycles. The zero-order valence-corrected chi connectivity index (χ0v) is 24.3. The van der Waals surface area contributed by atoms with Crippen molar-refractivity contribution < 1.29 is 50.9 Å². The molecule has 4 rings (SSSR count). The molecule has 2 unspecified atom stereocenters. The Morgan fingerprint density at radius 3 is 2.22 bits per heavy atom. The number of para-hydroxylation sites is 1. The second kappa shape index (κ2) is 14.7. The first kappa shape index (κ1) is 35.2. The first-order chi connectivity index (χ1) is 21.0. The number of benzene rings is 2. The topological polar surface area (TPSA) is 140 Å². The van der Waals surface area contributed by atoms with E-state index in [1.807, 2.05) is 0 Å². The number of rotatable bonds is 8. The predicted molar refractivity (Wildman–Crippen MR) is 152 cm³/mol. The van der Waals surface area contributed by atoms with Crippen LogP contribution in [-0.2, 0) is 23.6 Å². The maximum atomic E-state index is 13.2. The summed E-state index contributed by atoms with van der Waals surface area (Å²) in [6.07, 6.45) is -5.36. The summed E-state index contributed by atoms with van der Waals surface area (Å²) in [4.78, 5) is 40.7. The minimum atomic E-state index is -5.11. The molecule has 2 aromatic carbocycles. The van der Waals surface area contributed by atoms with Crippen LogP contribution in [0.25, 0.3) is 10.9 Å². The van der Waals surface area contributed by atoms with Crippen LogP contribution in [0.15, 0.2) is 48.7 Å². The summed E-state index contributed by atoms with van der Waals surface area (Å²) in [5.74, 6) is -2.43. The smallest absolute Gasteiger partial charge is 0.416 e. The Hall–Kier alpha value is -4.27. The molecule has 0 bridgehead atoms. The van der Waals surface area contributed by atoms with Crippen LogP contribution in [0.3, 0.4) is 0 Å². The number of aliphatic hydroxyl groups excluding tert-OH is 1. The SMILES string of the molecule is CN(C(=O)c1cc(C(F)(F)F)cc(C(F)(F)F)c1)C(CC(=O)O)Cc1c[nH]c2ccccc12.NC(=O)N1CCCCC1CCO. The number of aromatic nitrogens is 1. The molecule has 3 aromatic rings. The summed E-state index contributed by atoms with van der Waals surface area (Å²) < 4.78 is 78.9. The molecule has 1 aliphatic rings. The molecule has 15 heteroatoms. The highest BCUT2D eigenvalue weighted by atomic mass is 19.4. The molecule has 2 atom stereocenters. The van der Waals surface area contributed by atoms with Gasteiger partial charge in [-0.15, -0.1) is 0 Å². The van der Waals surface area contributed by atoms with Gasteiger partial charge in [0.25, 0.3) is 5.91 Å². The van der Waals surface area contributed by atoms with Crippen molar-refractivity contribution in [3.05, 3.63) is 70.9 Å². The Morgan fingerprint density at radius 1 is 1.04 bits per heavy atom. The minimum Gasteiger partial charge on any atom is -0.481 e. The van der Waals surface area contributed by atoms with Crippen LogP contribution in [0.1, 0.15) is 59.2 Å². The van der Waals surface area contributed by atoms with Crippen molar-refractivity contribution in [2.75, 3.05) is 20.2 Å². The average Bonchev–Trinajstić information content (AvgIpc) is 3.38. The van der Waals surface area contributed by atoms with Gasteiger partial charge in [0.05, 0.1) is 17.5 Å². The van der Waals surface area contributed by atoms with Crippen LogP contribution in [0.4, 0.5) is 31.1 Å². The van der Waals surface area contributed by atoms with Crippen molar-refractivity contribution in [1.29, 1.82) is 0 Å². The number of H-pyrrole nitrogens is 1. The third kappa shape index (κ3) is 9.36.